The number of hydrogen-bond acceptors (Lipinski definition) is 5. The van der Waals surface area contributed by atoms with E-state index in [4.69, 9.17) is 0 Å². The highest BCUT2D eigenvalue weighted by Crippen LogP contribution is 2.27. The molecule has 2 saturated heterocycles. The molecule has 1 aromatic carbocycles. The predicted octanol–water partition coefficient (Wildman–Crippen LogP) is 2.51. The fourth-order valence-corrected chi connectivity index (χ4v) is 6.27. The third kappa shape index (κ3) is 4.55. The predicted molar refractivity (Wildman–Crippen MR) is 102 cm³/mol. The second-order valence-electron chi connectivity index (χ2n) is 6.54. The van der Waals surface area contributed by atoms with Crippen LogP contribution in [0.15, 0.2) is 32.0 Å². The fraction of sp³-hybridized carbons (Fsp3) is 0.562. The van der Waals surface area contributed by atoms with Crippen molar-refractivity contribution in [1.29, 1.82) is 5.26 Å². The van der Waals surface area contributed by atoms with Crippen LogP contribution in [0, 0.1) is 11.5 Å². The first kappa shape index (κ1) is 19.1. The maximum Gasteiger partial charge on any atom is 0.242 e. The summed E-state index contributed by atoms with van der Waals surface area (Å²) in [5.74, 6) is 0. The van der Waals surface area contributed by atoms with Gasteiger partial charge in [-0.2, -0.15) is 5.26 Å². The van der Waals surface area contributed by atoms with E-state index in [1.807, 2.05) is 0 Å². The highest BCUT2D eigenvalue weighted by molar-refractivity contribution is 9.11. The van der Waals surface area contributed by atoms with Crippen molar-refractivity contribution in [2.75, 3.05) is 26.2 Å². The highest BCUT2D eigenvalue weighted by atomic mass is 79.9. The minimum absolute atomic E-state index is 0.0711. The monoisotopic (exact) mass is 490 g/mol. The molecular weight excluding hydrogens is 472 g/mol. The third-order valence-corrected chi connectivity index (χ3v) is 7.72. The quantitative estimate of drug-likeness (QED) is 0.640. The first-order valence-electron chi connectivity index (χ1n) is 8.25. The average molecular weight is 492 g/mol. The van der Waals surface area contributed by atoms with Gasteiger partial charge in [-0.15, -0.1) is 0 Å². The molecular formula is C16H20Br2N4O2S. The van der Waals surface area contributed by atoms with Gasteiger partial charge >= 0.3 is 0 Å². The maximum absolute atomic E-state index is 12.7. The van der Waals surface area contributed by atoms with E-state index in [1.165, 1.54) is 12.8 Å². The molecule has 0 spiro atoms. The smallest absolute Gasteiger partial charge is 0.242 e. The van der Waals surface area contributed by atoms with Gasteiger partial charge in [0.05, 0.1) is 10.9 Å². The molecule has 0 bridgehead atoms. The lowest BCUT2D eigenvalue weighted by Gasteiger charge is -2.23. The largest absolute Gasteiger partial charge is 0.305 e. The lowest BCUT2D eigenvalue weighted by molar-refractivity contribution is 0.243. The molecule has 0 unspecified atom stereocenters. The van der Waals surface area contributed by atoms with Crippen molar-refractivity contribution in [3.63, 3.8) is 0 Å². The van der Waals surface area contributed by atoms with Crippen LogP contribution in [-0.4, -0.2) is 56.5 Å². The Kier molecular flexibility index (Phi) is 6.06. The Balaban J connectivity index is 1.70. The highest BCUT2D eigenvalue weighted by Gasteiger charge is 2.36. The van der Waals surface area contributed by atoms with Crippen molar-refractivity contribution in [2.45, 2.75) is 36.2 Å². The van der Waals surface area contributed by atoms with Gasteiger partial charge in [0.25, 0.3) is 0 Å². The Bertz CT molecular complexity index is 775. The van der Waals surface area contributed by atoms with Crippen LogP contribution in [0.4, 0.5) is 0 Å². The van der Waals surface area contributed by atoms with E-state index in [0.717, 1.165) is 19.6 Å². The van der Waals surface area contributed by atoms with Gasteiger partial charge in [-0.1, -0.05) is 15.9 Å². The molecule has 6 nitrogen and oxygen atoms in total. The van der Waals surface area contributed by atoms with Crippen molar-refractivity contribution < 1.29 is 8.42 Å². The molecule has 3 rings (SSSR count). The van der Waals surface area contributed by atoms with E-state index in [-0.39, 0.29) is 17.0 Å². The molecule has 0 aliphatic carbocycles. The number of hydrogen-bond donors (Lipinski definition) is 1. The van der Waals surface area contributed by atoms with Crippen LogP contribution in [0.2, 0.25) is 0 Å². The molecule has 0 saturated carbocycles. The summed E-state index contributed by atoms with van der Waals surface area (Å²) in [7, 11) is -3.66. The molecule has 2 atom stereocenters. The van der Waals surface area contributed by atoms with Gasteiger partial charge in [-0.3, -0.25) is 0 Å². The Morgan fingerprint density at radius 1 is 1.28 bits per heavy atom. The molecule has 9 heteroatoms. The average Bonchev–Trinajstić information content (AvgIpc) is 3.19. The van der Waals surface area contributed by atoms with Crippen molar-refractivity contribution in [1.82, 2.24) is 14.5 Å². The Labute approximate surface area is 165 Å². The molecule has 1 N–H and O–H groups in total. The first-order valence-corrected chi connectivity index (χ1v) is 11.3. The van der Waals surface area contributed by atoms with E-state index in [2.05, 4.69) is 47.7 Å². The lowest BCUT2D eigenvalue weighted by Crippen LogP contribution is -2.36. The molecule has 0 radical (unpaired) electrons. The van der Waals surface area contributed by atoms with Gasteiger partial charge in [-0.05, 0) is 66.5 Å². The number of nitriles is 1. The van der Waals surface area contributed by atoms with Gasteiger partial charge in [0.15, 0.2) is 6.19 Å². The van der Waals surface area contributed by atoms with E-state index >= 15 is 0 Å². The van der Waals surface area contributed by atoms with Gasteiger partial charge in [0.2, 0.25) is 10.0 Å². The van der Waals surface area contributed by atoms with Gasteiger partial charge in [0.1, 0.15) is 0 Å². The van der Waals surface area contributed by atoms with Gasteiger partial charge in [0, 0.05) is 28.1 Å². The van der Waals surface area contributed by atoms with Crippen LogP contribution in [-0.2, 0) is 10.0 Å². The Morgan fingerprint density at radius 2 is 2.00 bits per heavy atom. The van der Waals surface area contributed by atoms with Crippen LogP contribution in [0.25, 0.3) is 0 Å². The van der Waals surface area contributed by atoms with Crippen LogP contribution in [0.1, 0.15) is 19.3 Å². The van der Waals surface area contributed by atoms with E-state index in [9.17, 15) is 13.7 Å². The molecule has 2 heterocycles. The number of nitrogens with one attached hydrogen (secondary N) is 1. The van der Waals surface area contributed by atoms with Crippen molar-refractivity contribution in [3.05, 3.63) is 27.1 Å². The lowest BCUT2D eigenvalue weighted by atomic mass is 10.2. The molecule has 2 fully saturated rings. The SMILES string of the molecule is N#CN1C[C@H](NS(=O)(=O)c2cc(Br)ccc2Br)C[C@@H]1CN1CCCC1. The van der Waals surface area contributed by atoms with Crippen LogP contribution >= 0.6 is 31.9 Å². The second-order valence-corrected chi connectivity index (χ2v) is 9.99. The molecule has 136 valence electrons. The molecule has 2 aliphatic heterocycles. The van der Waals surface area contributed by atoms with E-state index in [0.29, 0.717) is 21.9 Å². The summed E-state index contributed by atoms with van der Waals surface area (Å²) in [5, 5.41) is 9.39. The number of likely N-dealkylation sites (tertiary alicyclic amines) is 2. The zero-order valence-corrected chi connectivity index (χ0v) is 17.6. The van der Waals surface area contributed by atoms with E-state index in [1.54, 1.807) is 23.1 Å². The summed E-state index contributed by atoms with van der Waals surface area (Å²) in [6, 6.07) is 4.86. The number of nitrogens with zero attached hydrogens (tertiary/aromatic N) is 3. The van der Waals surface area contributed by atoms with Crippen molar-refractivity contribution >= 4 is 41.9 Å². The summed E-state index contributed by atoms with van der Waals surface area (Å²) in [4.78, 5) is 4.27. The number of benzene rings is 1. The minimum Gasteiger partial charge on any atom is -0.305 e. The number of halogens is 2. The molecule has 25 heavy (non-hydrogen) atoms. The second kappa shape index (κ2) is 7.92. The van der Waals surface area contributed by atoms with Gasteiger partial charge in [-0.25, -0.2) is 13.1 Å². The number of rotatable bonds is 5. The molecule has 0 aromatic heterocycles. The summed E-state index contributed by atoms with van der Waals surface area (Å²) in [5.41, 5.74) is 0. The minimum atomic E-state index is -3.66. The molecule has 2 aliphatic rings. The molecule has 0 amide bonds. The van der Waals surface area contributed by atoms with Crippen molar-refractivity contribution in [3.8, 4) is 6.19 Å². The van der Waals surface area contributed by atoms with E-state index < -0.39 is 10.0 Å². The standard InChI is InChI=1S/C16H20Br2N4O2S/c17-12-3-4-15(18)16(7-12)25(23,24)20-13-8-14(22(9-13)11-19)10-21-5-1-2-6-21/h3-4,7,13-14,20H,1-2,5-6,8-10H2/t13-,14-/m1/s1. The number of sulfonamides is 1. The zero-order valence-electron chi connectivity index (χ0n) is 13.7. The molecule has 1 aromatic rings. The summed E-state index contributed by atoms with van der Waals surface area (Å²) < 4.78 is 29.5. The zero-order chi connectivity index (χ0) is 18.0. The van der Waals surface area contributed by atoms with Crippen LogP contribution < -0.4 is 4.72 Å². The van der Waals surface area contributed by atoms with Crippen molar-refractivity contribution in [2.24, 2.45) is 0 Å². The fourth-order valence-electron chi connectivity index (χ4n) is 3.53. The maximum atomic E-state index is 12.7. The van der Waals surface area contributed by atoms with Gasteiger partial charge < -0.3 is 9.80 Å². The van der Waals surface area contributed by atoms with Crippen LogP contribution in [0.5, 0.6) is 0 Å². The normalized spacial score (nSPS) is 24.6. The third-order valence-electron chi connectivity index (χ3n) is 4.72. The first-order chi connectivity index (χ1) is 11.9. The Hall–Kier alpha value is -0.660. The summed E-state index contributed by atoms with van der Waals surface area (Å²) in [6.45, 7) is 3.38. The van der Waals surface area contributed by atoms with Crippen LogP contribution in [0.3, 0.4) is 0 Å². The summed E-state index contributed by atoms with van der Waals surface area (Å²) in [6.07, 6.45) is 5.27. The Morgan fingerprint density at radius 3 is 2.68 bits per heavy atom. The topological polar surface area (TPSA) is 76.4 Å². The summed E-state index contributed by atoms with van der Waals surface area (Å²) >= 11 is 6.61.